The van der Waals surface area contributed by atoms with Gasteiger partial charge in [0.05, 0.1) is 5.69 Å². The molecule has 0 aliphatic heterocycles. The highest BCUT2D eigenvalue weighted by molar-refractivity contribution is 7.12. The Balaban J connectivity index is 0.000001000. The minimum absolute atomic E-state index is 0. The molecule has 0 bridgehead atoms. The Morgan fingerprint density at radius 3 is 2.73 bits per heavy atom. The zero-order valence-electron chi connectivity index (χ0n) is 5.96. The summed E-state index contributed by atoms with van der Waals surface area (Å²) in [5.74, 6) is -0.118. The van der Waals surface area contributed by atoms with Crippen LogP contribution in [0.5, 0.6) is 0 Å². The molecule has 5 heteroatoms. The van der Waals surface area contributed by atoms with E-state index in [9.17, 15) is 4.79 Å². The quantitative estimate of drug-likeness (QED) is 0.701. The fraction of sp³-hybridized carbons (Fsp3) is 0.167. The molecule has 62 valence electrons. The molecule has 0 saturated carbocycles. The van der Waals surface area contributed by atoms with Gasteiger partial charge in [-0.1, -0.05) is 0 Å². The van der Waals surface area contributed by atoms with Gasteiger partial charge in [0.15, 0.2) is 0 Å². The minimum atomic E-state index is -0.118. The summed E-state index contributed by atoms with van der Waals surface area (Å²) in [5, 5.41) is 4.29. The minimum Gasteiger partial charge on any atom is -0.397 e. The van der Waals surface area contributed by atoms with Crippen molar-refractivity contribution in [1.29, 1.82) is 0 Å². The topological polar surface area (TPSA) is 55.1 Å². The van der Waals surface area contributed by atoms with E-state index in [2.05, 4.69) is 5.32 Å². The summed E-state index contributed by atoms with van der Waals surface area (Å²) in [5.41, 5.74) is 6.01. The molecular formula is C6H9ClN2OS. The molecule has 1 aromatic rings. The molecule has 0 unspecified atom stereocenters. The van der Waals surface area contributed by atoms with E-state index in [1.807, 2.05) is 0 Å². The van der Waals surface area contributed by atoms with Crippen LogP contribution in [-0.2, 0) is 0 Å². The second-order valence-electron chi connectivity index (χ2n) is 1.78. The maximum Gasteiger partial charge on any atom is 0.263 e. The molecule has 3 nitrogen and oxygen atoms in total. The number of rotatable bonds is 1. The van der Waals surface area contributed by atoms with Crippen LogP contribution >= 0.6 is 23.7 Å². The van der Waals surface area contributed by atoms with Crippen LogP contribution in [0.25, 0.3) is 0 Å². The first-order valence-corrected chi connectivity index (χ1v) is 3.68. The second kappa shape index (κ2) is 4.20. The van der Waals surface area contributed by atoms with Crippen LogP contribution in [0.2, 0.25) is 0 Å². The van der Waals surface area contributed by atoms with Gasteiger partial charge in [-0.15, -0.1) is 23.7 Å². The maximum absolute atomic E-state index is 10.9. The van der Waals surface area contributed by atoms with E-state index in [0.29, 0.717) is 10.6 Å². The molecule has 0 saturated heterocycles. The van der Waals surface area contributed by atoms with Crippen molar-refractivity contribution in [1.82, 2.24) is 5.32 Å². The summed E-state index contributed by atoms with van der Waals surface area (Å²) in [6, 6.07) is 1.72. The fourth-order valence-electron chi connectivity index (χ4n) is 0.617. The number of carbonyl (C=O) groups excluding carboxylic acids is 1. The summed E-state index contributed by atoms with van der Waals surface area (Å²) < 4.78 is 0. The summed E-state index contributed by atoms with van der Waals surface area (Å²) in [7, 11) is 1.58. The number of nitrogens with one attached hydrogen (secondary N) is 1. The lowest BCUT2D eigenvalue weighted by Crippen LogP contribution is -2.17. The smallest absolute Gasteiger partial charge is 0.263 e. The van der Waals surface area contributed by atoms with Gasteiger partial charge in [-0.25, -0.2) is 0 Å². The molecular weight excluding hydrogens is 184 g/mol. The van der Waals surface area contributed by atoms with Crippen molar-refractivity contribution in [3.63, 3.8) is 0 Å². The highest BCUT2D eigenvalue weighted by Gasteiger charge is 2.07. The predicted octanol–water partition coefficient (Wildman–Crippen LogP) is 1.11. The number of anilines is 1. The number of nitrogens with two attached hydrogens (primary N) is 1. The van der Waals surface area contributed by atoms with E-state index >= 15 is 0 Å². The van der Waals surface area contributed by atoms with Gasteiger partial charge in [-0.2, -0.15) is 0 Å². The number of hydrogen-bond acceptors (Lipinski definition) is 3. The molecule has 3 N–H and O–H groups in total. The SMILES string of the molecule is CNC(=O)c1sccc1N.Cl. The lowest BCUT2D eigenvalue weighted by Gasteiger charge is -1.94. The molecule has 0 aromatic carbocycles. The van der Waals surface area contributed by atoms with Gasteiger partial charge in [-0.05, 0) is 11.4 Å². The van der Waals surface area contributed by atoms with Crippen LogP contribution in [0.15, 0.2) is 11.4 Å². The third kappa shape index (κ3) is 2.10. The summed E-state index contributed by atoms with van der Waals surface area (Å²) in [4.78, 5) is 11.5. The van der Waals surface area contributed by atoms with Crippen LogP contribution in [0.3, 0.4) is 0 Å². The van der Waals surface area contributed by atoms with Crippen molar-refractivity contribution in [2.24, 2.45) is 0 Å². The van der Waals surface area contributed by atoms with Gasteiger partial charge in [-0.3, -0.25) is 4.79 Å². The largest absolute Gasteiger partial charge is 0.397 e. The van der Waals surface area contributed by atoms with Gasteiger partial charge in [0.1, 0.15) is 4.88 Å². The van der Waals surface area contributed by atoms with Gasteiger partial charge in [0, 0.05) is 7.05 Å². The second-order valence-corrected chi connectivity index (χ2v) is 2.70. The van der Waals surface area contributed by atoms with E-state index < -0.39 is 0 Å². The molecule has 0 atom stereocenters. The average Bonchev–Trinajstić information content (AvgIpc) is 2.34. The summed E-state index contributed by atoms with van der Waals surface area (Å²) in [6.07, 6.45) is 0. The number of thiophene rings is 1. The molecule has 0 aliphatic carbocycles. The van der Waals surface area contributed by atoms with Gasteiger partial charge < -0.3 is 11.1 Å². The molecule has 11 heavy (non-hydrogen) atoms. The first kappa shape index (κ1) is 10.3. The zero-order valence-corrected chi connectivity index (χ0v) is 7.59. The van der Waals surface area contributed by atoms with Crippen molar-refractivity contribution in [3.05, 3.63) is 16.3 Å². The number of halogens is 1. The molecule has 1 amide bonds. The Bertz CT molecular complexity index is 248. The monoisotopic (exact) mass is 192 g/mol. The third-order valence-corrected chi connectivity index (χ3v) is 2.06. The number of hydrogen-bond donors (Lipinski definition) is 2. The highest BCUT2D eigenvalue weighted by Crippen LogP contribution is 2.17. The van der Waals surface area contributed by atoms with Crippen LogP contribution in [0.1, 0.15) is 9.67 Å². The molecule has 1 heterocycles. The molecule has 1 aromatic heterocycles. The zero-order chi connectivity index (χ0) is 7.56. The lowest BCUT2D eigenvalue weighted by atomic mass is 10.4. The van der Waals surface area contributed by atoms with Crippen molar-refractivity contribution in [2.75, 3.05) is 12.8 Å². The van der Waals surface area contributed by atoms with Crippen LogP contribution in [0.4, 0.5) is 5.69 Å². The van der Waals surface area contributed by atoms with Crippen LogP contribution in [0, 0.1) is 0 Å². The molecule has 0 spiro atoms. The van der Waals surface area contributed by atoms with Gasteiger partial charge in [0.25, 0.3) is 5.91 Å². The Kier molecular flexibility index (Phi) is 3.92. The Morgan fingerprint density at radius 2 is 2.36 bits per heavy atom. The average molecular weight is 193 g/mol. The molecule has 0 radical (unpaired) electrons. The van der Waals surface area contributed by atoms with E-state index in [0.717, 1.165) is 0 Å². The van der Waals surface area contributed by atoms with E-state index in [4.69, 9.17) is 5.73 Å². The summed E-state index contributed by atoms with van der Waals surface area (Å²) >= 11 is 1.35. The Morgan fingerprint density at radius 1 is 1.73 bits per heavy atom. The summed E-state index contributed by atoms with van der Waals surface area (Å²) in [6.45, 7) is 0. The Hall–Kier alpha value is -0.740. The molecule has 0 aliphatic rings. The third-order valence-electron chi connectivity index (χ3n) is 1.13. The molecule has 0 fully saturated rings. The van der Waals surface area contributed by atoms with Crippen molar-refractivity contribution in [2.45, 2.75) is 0 Å². The first-order chi connectivity index (χ1) is 4.75. The van der Waals surface area contributed by atoms with Crippen LogP contribution < -0.4 is 11.1 Å². The number of nitrogen functional groups attached to an aromatic ring is 1. The van der Waals surface area contributed by atoms with E-state index in [-0.39, 0.29) is 18.3 Å². The van der Waals surface area contributed by atoms with Crippen molar-refractivity contribution in [3.8, 4) is 0 Å². The van der Waals surface area contributed by atoms with Gasteiger partial charge in [0.2, 0.25) is 0 Å². The van der Waals surface area contributed by atoms with Crippen molar-refractivity contribution >= 4 is 35.3 Å². The van der Waals surface area contributed by atoms with Gasteiger partial charge >= 0.3 is 0 Å². The molecule has 1 rings (SSSR count). The maximum atomic E-state index is 10.9. The highest BCUT2D eigenvalue weighted by atomic mass is 35.5. The predicted molar refractivity (Wildman–Crippen MR) is 49.4 cm³/mol. The number of carbonyl (C=O) groups is 1. The number of amides is 1. The van der Waals surface area contributed by atoms with Crippen LogP contribution in [-0.4, -0.2) is 13.0 Å². The van der Waals surface area contributed by atoms with Crippen molar-refractivity contribution < 1.29 is 4.79 Å². The fourth-order valence-corrected chi connectivity index (χ4v) is 1.38. The van der Waals surface area contributed by atoms with E-state index in [1.54, 1.807) is 18.5 Å². The lowest BCUT2D eigenvalue weighted by molar-refractivity contribution is 0.0968. The van der Waals surface area contributed by atoms with E-state index in [1.165, 1.54) is 11.3 Å². The standard InChI is InChI=1S/C6H8N2OS.ClH/c1-8-6(9)5-4(7)2-3-10-5;/h2-3H,7H2,1H3,(H,8,9);1H. The normalized spacial score (nSPS) is 8.45. The Labute approximate surface area is 75.0 Å². The first-order valence-electron chi connectivity index (χ1n) is 2.80.